The largest absolute Gasteiger partial charge is 0.411 e. The maximum Gasteiger partial charge on any atom is 0.277 e. The van der Waals surface area contributed by atoms with Crippen molar-refractivity contribution < 1.29 is 14.1 Å². The zero-order chi connectivity index (χ0) is 17.0. The van der Waals surface area contributed by atoms with Gasteiger partial charge in [-0.25, -0.2) is 0 Å². The number of nitrogens with zero attached hydrogens (tertiary/aromatic N) is 3. The number of nitrogens with one attached hydrogen (secondary N) is 1. The van der Waals surface area contributed by atoms with Crippen molar-refractivity contribution in [1.29, 1.82) is 0 Å². The number of nitro benzene ring substituents is 1. The highest BCUT2D eigenvalue weighted by Crippen LogP contribution is 2.27. The van der Waals surface area contributed by atoms with Crippen LogP contribution in [0.3, 0.4) is 0 Å². The van der Waals surface area contributed by atoms with Gasteiger partial charge >= 0.3 is 0 Å². The Bertz CT molecular complexity index is 716. The van der Waals surface area contributed by atoms with Gasteiger partial charge in [-0.2, -0.15) is 0 Å². The Kier molecular flexibility index (Phi) is 5.32. The molecule has 1 aromatic heterocycles. The molecule has 0 aliphatic carbocycles. The van der Waals surface area contributed by atoms with Crippen molar-refractivity contribution in [2.24, 2.45) is 0 Å². The summed E-state index contributed by atoms with van der Waals surface area (Å²) in [7, 11) is 0. The van der Waals surface area contributed by atoms with E-state index in [1.165, 1.54) is 12.1 Å². The molecule has 1 heterocycles. The van der Waals surface area contributed by atoms with E-state index in [-0.39, 0.29) is 28.7 Å². The molecule has 0 aliphatic heterocycles. The minimum atomic E-state index is -0.492. The molecule has 2 aromatic rings. The Balaban J connectivity index is 2.10. The van der Waals surface area contributed by atoms with Gasteiger partial charge in [0.1, 0.15) is 0 Å². The summed E-state index contributed by atoms with van der Waals surface area (Å²) < 4.78 is 5.47. The quantitative estimate of drug-likeness (QED) is 0.490. The minimum absolute atomic E-state index is 0.0497. The smallest absolute Gasteiger partial charge is 0.277 e. The highest BCUT2D eigenvalue weighted by Gasteiger charge is 2.19. The molecule has 0 spiro atoms. The number of nitro groups is 1. The molecule has 1 aromatic carbocycles. The lowest BCUT2D eigenvalue weighted by molar-refractivity contribution is -0.384. The number of benzene rings is 1. The number of hydrogen-bond donors (Lipinski definition) is 1. The van der Waals surface area contributed by atoms with E-state index in [0.29, 0.717) is 5.56 Å². The highest BCUT2D eigenvalue weighted by molar-refractivity contribution is 8.00. The van der Waals surface area contributed by atoms with Gasteiger partial charge in [0, 0.05) is 23.7 Å². The van der Waals surface area contributed by atoms with E-state index in [1.807, 2.05) is 13.8 Å². The van der Waals surface area contributed by atoms with Crippen LogP contribution in [-0.4, -0.2) is 32.3 Å². The number of thioether (sulfide) groups is 1. The zero-order valence-electron chi connectivity index (χ0n) is 12.8. The van der Waals surface area contributed by atoms with Crippen LogP contribution in [0.25, 0.3) is 11.5 Å². The van der Waals surface area contributed by atoms with E-state index in [0.717, 1.165) is 11.8 Å². The highest BCUT2D eigenvalue weighted by atomic mass is 32.2. The standard InChI is InChI=1S/C14H16N4O4S/c1-8(2)15-12(19)9(3)23-14-17-16-13(22-14)10-5-4-6-11(7-10)18(20)21/h4-9H,1-3H3,(H,15,19)/t9-/m1/s1. The van der Waals surface area contributed by atoms with E-state index in [9.17, 15) is 14.9 Å². The second-order valence-electron chi connectivity index (χ2n) is 5.10. The SMILES string of the molecule is CC(C)NC(=O)[C@@H](C)Sc1nnc(-c2cccc([N+](=O)[O-])c2)o1. The third kappa shape index (κ3) is 4.52. The van der Waals surface area contributed by atoms with Crippen molar-refractivity contribution in [3.8, 4) is 11.5 Å². The van der Waals surface area contributed by atoms with Gasteiger partial charge in [-0.3, -0.25) is 14.9 Å². The number of amides is 1. The molecule has 23 heavy (non-hydrogen) atoms. The van der Waals surface area contributed by atoms with Crippen molar-refractivity contribution in [3.63, 3.8) is 0 Å². The number of hydrogen-bond acceptors (Lipinski definition) is 7. The molecule has 0 aliphatic rings. The average molecular weight is 336 g/mol. The van der Waals surface area contributed by atoms with Crippen LogP contribution in [0.4, 0.5) is 5.69 Å². The molecule has 1 atom stereocenters. The maximum atomic E-state index is 11.9. The van der Waals surface area contributed by atoms with Crippen LogP contribution in [0.15, 0.2) is 33.9 Å². The lowest BCUT2D eigenvalue weighted by atomic mass is 10.2. The van der Waals surface area contributed by atoms with Gasteiger partial charge < -0.3 is 9.73 Å². The lowest BCUT2D eigenvalue weighted by Gasteiger charge is -2.12. The molecule has 0 fully saturated rings. The number of aromatic nitrogens is 2. The Hall–Kier alpha value is -2.42. The number of rotatable bonds is 6. The van der Waals surface area contributed by atoms with Gasteiger partial charge in [-0.1, -0.05) is 17.8 Å². The van der Waals surface area contributed by atoms with Crippen molar-refractivity contribution in [2.45, 2.75) is 37.3 Å². The zero-order valence-corrected chi connectivity index (χ0v) is 13.7. The number of carbonyl (C=O) groups excluding carboxylic acids is 1. The van der Waals surface area contributed by atoms with Crippen LogP contribution in [0.1, 0.15) is 20.8 Å². The van der Waals surface area contributed by atoms with Gasteiger partial charge in [0.15, 0.2) is 0 Å². The first-order valence-corrected chi connectivity index (χ1v) is 7.80. The summed E-state index contributed by atoms with van der Waals surface area (Å²) in [5, 5.41) is 21.2. The van der Waals surface area contributed by atoms with Crippen molar-refractivity contribution >= 4 is 23.4 Å². The third-order valence-corrected chi connectivity index (χ3v) is 3.72. The molecule has 0 bridgehead atoms. The minimum Gasteiger partial charge on any atom is -0.411 e. The van der Waals surface area contributed by atoms with Crippen LogP contribution in [0.5, 0.6) is 0 Å². The summed E-state index contributed by atoms with van der Waals surface area (Å²) in [6.45, 7) is 5.49. The molecule has 8 nitrogen and oxygen atoms in total. The molecular formula is C14H16N4O4S. The van der Waals surface area contributed by atoms with E-state index >= 15 is 0 Å². The first kappa shape index (κ1) is 16.9. The molecule has 1 N–H and O–H groups in total. The number of carbonyl (C=O) groups is 1. The molecular weight excluding hydrogens is 320 g/mol. The van der Waals surface area contributed by atoms with Gasteiger partial charge in [0.05, 0.1) is 10.2 Å². The fourth-order valence-corrected chi connectivity index (χ4v) is 2.43. The topological polar surface area (TPSA) is 111 Å². The first-order chi connectivity index (χ1) is 10.9. The van der Waals surface area contributed by atoms with Crippen molar-refractivity contribution in [2.75, 3.05) is 0 Å². The lowest BCUT2D eigenvalue weighted by Crippen LogP contribution is -2.35. The normalized spacial score (nSPS) is 12.2. The summed E-state index contributed by atoms with van der Waals surface area (Å²) in [6, 6.07) is 5.98. The van der Waals surface area contributed by atoms with Crippen LogP contribution < -0.4 is 5.32 Å². The molecule has 122 valence electrons. The third-order valence-electron chi connectivity index (χ3n) is 2.79. The maximum absolute atomic E-state index is 11.9. The Morgan fingerprint density at radius 2 is 2.09 bits per heavy atom. The molecule has 0 radical (unpaired) electrons. The van der Waals surface area contributed by atoms with Gasteiger partial charge in [0.2, 0.25) is 11.8 Å². The average Bonchev–Trinajstić information content (AvgIpc) is 2.95. The molecule has 0 unspecified atom stereocenters. The predicted octanol–water partition coefficient (Wildman–Crippen LogP) is 2.65. The molecule has 0 saturated carbocycles. The summed E-state index contributed by atoms with van der Waals surface area (Å²) >= 11 is 1.13. The number of non-ortho nitro benzene ring substituents is 1. The Morgan fingerprint density at radius 3 is 2.74 bits per heavy atom. The predicted molar refractivity (Wildman–Crippen MR) is 85.0 cm³/mol. The van der Waals surface area contributed by atoms with E-state index in [4.69, 9.17) is 4.42 Å². The second-order valence-corrected chi connectivity index (χ2v) is 6.40. The molecule has 0 saturated heterocycles. The van der Waals surface area contributed by atoms with Crippen molar-refractivity contribution in [3.05, 3.63) is 34.4 Å². The monoisotopic (exact) mass is 336 g/mol. The van der Waals surface area contributed by atoms with Gasteiger partial charge in [0.25, 0.3) is 10.9 Å². The van der Waals surface area contributed by atoms with Crippen LogP contribution in [-0.2, 0) is 4.79 Å². The van der Waals surface area contributed by atoms with Gasteiger partial charge in [-0.05, 0) is 26.8 Å². The van der Waals surface area contributed by atoms with Crippen LogP contribution >= 0.6 is 11.8 Å². The fraction of sp³-hybridized carbons (Fsp3) is 0.357. The molecule has 2 rings (SSSR count). The van der Waals surface area contributed by atoms with Crippen LogP contribution in [0, 0.1) is 10.1 Å². The molecule has 1 amide bonds. The van der Waals surface area contributed by atoms with Crippen molar-refractivity contribution in [1.82, 2.24) is 15.5 Å². The summed E-state index contributed by atoms with van der Waals surface area (Å²) in [5.41, 5.74) is 0.400. The summed E-state index contributed by atoms with van der Waals surface area (Å²) in [4.78, 5) is 22.2. The Morgan fingerprint density at radius 1 is 1.35 bits per heavy atom. The van der Waals surface area contributed by atoms with Gasteiger partial charge in [-0.15, -0.1) is 10.2 Å². The van der Waals surface area contributed by atoms with E-state index in [1.54, 1.807) is 19.1 Å². The van der Waals surface area contributed by atoms with E-state index in [2.05, 4.69) is 15.5 Å². The molecule has 9 heteroatoms. The Labute approximate surface area is 136 Å². The first-order valence-electron chi connectivity index (χ1n) is 6.92. The summed E-state index contributed by atoms with van der Waals surface area (Å²) in [5.74, 6) is 0.0489. The van der Waals surface area contributed by atoms with Crippen LogP contribution in [0.2, 0.25) is 0 Å². The fourth-order valence-electron chi connectivity index (χ4n) is 1.73. The van der Waals surface area contributed by atoms with E-state index < -0.39 is 10.2 Å². The second kappa shape index (κ2) is 7.23. The summed E-state index contributed by atoms with van der Waals surface area (Å²) in [6.07, 6.45) is 0.